The van der Waals surface area contributed by atoms with Gasteiger partial charge in [0.2, 0.25) is 0 Å². The van der Waals surface area contributed by atoms with Crippen LogP contribution in [0.3, 0.4) is 0 Å². The molecule has 2 heteroatoms. The Morgan fingerprint density at radius 2 is 1.29 bits per heavy atom. The van der Waals surface area contributed by atoms with E-state index in [2.05, 4.69) is 13.8 Å². The predicted molar refractivity (Wildman–Crippen MR) is 73.8 cm³/mol. The second-order valence-electron chi connectivity index (χ2n) is 5.23. The van der Waals surface area contributed by atoms with Crippen LogP contribution in [0.15, 0.2) is 0 Å². The van der Waals surface area contributed by atoms with Crippen LogP contribution in [0.1, 0.15) is 85.9 Å². The molecule has 1 nitrogen and oxygen atoms in total. The minimum atomic E-state index is 0. The zero-order valence-corrected chi connectivity index (χ0v) is 14.5. The van der Waals surface area contributed by atoms with Crippen molar-refractivity contribution in [3.63, 3.8) is 0 Å². The number of hydrogen-bond acceptors (Lipinski definition) is 1. The van der Waals surface area contributed by atoms with E-state index < -0.39 is 0 Å². The van der Waals surface area contributed by atoms with E-state index in [4.69, 9.17) is 5.11 Å². The van der Waals surface area contributed by atoms with Crippen molar-refractivity contribution in [2.24, 2.45) is 5.92 Å². The number of hydrogen-bond donors (Lipinski definition) is 1. The van der Waals surface area contributed by atoms with Gasteiger partial charge >= 0.3 is 29.6 Å². The molecule has 0 aromatic carbocycles. The zero-order chi connectivity index (χ0) is 12.1. The molecule has 1 N–H and O–H groups in total. The average Bonchev–Trinajstić information content (AvgIpc) is 2.30. The molecule has 0 bridgehead atoms. The fourth-order valence-corrected chi connectivity index (χ4v) is 2.21. The van der Waals surface area contributed by atoms with Gasteiger partial charge in [0.25, 0.3) is 0 Å². The van der Waals surface area contributed by atoms with Crippen molar-refractivity contribution in [1.29, 1.82) is 0 Å². The molecule has 1 unspecified atom stereocenters. The summed E-state index contributed by atoms with van der Waals surface area (Å²) in [6.07, 6.45) is 14.8. The normalized spacial score (nSPS) is 12.2. The van der Waals surface area contributed by atoms with Gasteiger partial charge < -0.3 is 6.53 Å². The molecule has 17 heavy (non-hydrogen) atoms. The quantitative estimate of drug-likeness (QED) is 0.416. The summed E-state index contributed by atoms with van der Waals surface area (Å²) in [5.74, 6) is 0.812. The molecule has 100 valence electrons. The first kappa shape index (κ1) is 20.3. The SMILES string of the molecule is CCCCCCCCCCC(C)CCCO.[H-].[Na+]. The van der Waals surface area contributed by atoms with E-state index >= 15 is 0 Å². The van der Waals surface area contributed by atoms with Gasteiger partial charge in [0.05, 0.1) is 0 Å². The summed E-state index contributed by atoms with van der Waals surface area (Å²) in [7, 11) is 0. The number of rotatable bonds is 12. The van der Waals surface area contributed by atoms with Gasteiger partial charge in [-0.25, -0.2) is 0 Å². The maximum atomic E-state index is 8.73. The minimum Gasteiger partial charge on any atom is -1.00 e. The first-order chi connectivity index (χ1) is 7.81. The monoisotopic (exact) mass is 252 g/mol. The third-order valence-corrected chi connectivity index (χ3v) is 3.41. The number of unbranched alkanes of at least 4 members (excludes halogenated alkanes) is 7. The zero-order valence-electron chi connectivity index (χ0n) is 13.5. The first-order valence-electron chi connectivity index (χ1n) is 7.42. The largest absolute Gasteiger partial charge is 1.00 e. The molecule has 0 aliphatic heterocycles. The molecule has 0 saturated heterocycles. The van der Waals surface area contributed by atoms with Gasteiger partial charge in [0.1, 0.15) is 0 Å². The van der Waals surface area contributed by atoms with Crippen molar-refractivity contribution in [2.45, 2.75) is 84.5 Å². The summed E-state index contributed by atoms with van der Waals surface area (Å²) in [5.41, 5.74) is 0. The standard InChI is InChI=1S/C15H32O.Na.H/c1-3-4-5-6-7-8-9-10-12-15(2)13-11-14-16;;/h15-16H,3-14H2,1-2H3;;/q;+1;-1. The Morgan fingerprint density at radius 3 is 1.82 bits per heavy atom. The van der Waals surface area contributed by atoms with Crippen molar-refractivity contribution in [3.05, 3.63) is 0 Å². The molecule has 0 aliphatic carbocycles. The molecule has 0 radical (unpaired) electrons. The summed E-state index contributed by atoms with van der Waals surface area (Å²) < 4.78 is 0. The molecule has 0 aromatic heterocycles. The Hall–Kier alpha value is 0.960. The second-order valence-corrected chi connectivity index (χ2v) is 5.23. The van der Waals surface area contributed by atoms with E-state index in [0.717, 1.165) is 12.3 Å². The van der Waals surface area contributed by atoms with E-state index in [1.165, 1.54) is 64.2 Å². The van der Waals surface area contributed by atoms with Gasteiger partial charge in [-0.1, -0.05) is 71.6 Å². The van der Waals surface area contributed by atoms with Gasteiger partial charge in [-0.05, 0) is 18.8 Å². The maximum Gasteiger partial charge on any atom is 1.00 e. The van der Waals surface area contributed by atoms with Gasteiger partial charge in [0.15, 0.2) is 0 Å². The fourth-order valence-electron chi connectivity index (χ4n) is 2.21. The summed E-state index contributed by atoms with van der Waals surface area (Å²) in [6.45, 7) is 4.95. The molecule has 0 fully saturated rings. The van der Waals surface area contributed by atoms with Crippen LogP contribution >= 0.6 is 0 Å². The molecule has 0 heterocycles. The van der Waals surface area contributed by atoms with E-state index in [9.17, 15) is 0 Å². The summed E-state index contributed by atoms with van der Waals surface area (Å²) in [5, 5.41) is 8.73. The summed E-state index contributed by atoms with van der Waals surface area (Å²) in [6, 6.07) is 0. The Morgan fingerprint density at radius 1 is 0.824 bits per heavy atom. The van der Waals surface area contributed by atoms with Crippen molar-refractivity contribution < 1.29 is 36.1 Å². The molecule has 0 amide bonds. The van der Waals surface area contributed by atoms with Gasteiger partial charge in [-0.2, -0.15) is 0 Å². The van der Waals surface area contributed by atoms with Crippen LogP contribution in [0, 0.1) is 5.92 Å². The summed E-state index contributed by atoms with van der Waals surface area (Å²) in [4.78, 5) is 0. The maximum absolute atomic E-state index is 8.73. The van der Waals surface area contributed by atoms with Crippen LogP contribution in [0.4, 0.5) is 0 Å². The number of aliphatic hydroxyl groups is 1. The Bertz CT molecular complexity index is 134. The topological polar surface area (TPSA) is 20.2 Å². The van der Waals surface area contributed by atoms with E-state index in [-0.39, 0.29) is 31.0 Å². The fraction of sp³-hybridized carbons (Fsp3) is 1.00. The van der Waals surface area contributed by atoms with Crippen LogP contribution in [-0.4, -0.2) is 11.7 Å². The van der Waals surface area contributed by atoms with Crippen molar-refractivity contribution in [2.75, 3.05) is 6.61 Å². The van der Waals surface area contributed by atoms with E-state index in [1.54, 1.807) is 0 Å². The second kappa shape index (κ2) is 17.0. The Labute approximate surface area is 133 Å². The van der Waals surface area contributed by atoms with Crippen LogP contribution < -0.4 is 29.6 Å². The van der Waals surface area contributed by atoms with Crippen LogP contribution in [0.2, 0.25) is 0 Å². The third-order valence-electron chi connectivity index (χ3n) is 3.41. The van der Waals surface area contributed by atoms with E-state index in [1.807, 2.05) is 0 Å². The molecule has 1 atom stereocenters. The molecular weight excluding hydrogens is 219 g/mol. The molecule has 0 spiro atoms. The van der Waals surface area contributed by atoms with Gasteiger partial charge in [0, 0.05) is 6.61 Å². The first-order valence-corrected chi connectivity index (χ1v) is 7.42. The molecular formula is C15H33NaO. The average molecular weight is 252 g/mol. The molecule has 0 saturated carbocycles. The smallest absolute Gasteiger partial charge is 1.00 e. The molecule has 0 rings (SSSR count). The molecule has 0 aliphatic rings. The Balaban J connectivity index is -0.00000112. The van der Waals surface area contributed by atoms with Crippen molar-refractivity contribution >= 4 is 0 Å². The van der Waals surface area contributed by atoms with Gasteiger partial charge in [-0.3, -0.25) is 0 Å². The van der Waals surface area contributed by atoms with Gasteiger partial charge in [-0.15, -0.1) is 0 Å². The predicted octanol–water partition coefficient (Wildman–Crippen LogP) is 2.04. The Kier molecular flexibility index (Phi) is 20.2. The van der Waals surface area contributed by atoms with Crippen molar-refractivity contribution in [1.82, 2.24) is 0 Å². The summed E-state index contributed by atoms with van der Waals surface area (Å²) >= 11 is 0. The van der Waals surface area contributed by atoms with Crippen LogP contribution in [0.5, 0.6) is 0 Å². The minimum absolute atomic E-state index is 0. The van der Waals surface area contributed by atoms with E-state index in [0.29, 0.717) is 6.61 Å². The van der Waals surface area contributed by atoms with Crippen molar-refractivity contribution in [3.8, 4) is 0 Å². The number of aliphatic hydroxyl groups excluding tert-OH is 1. The molecule has 0 aromatic rings. The third kappa shape index (κ3) is 17.0. The van der Waals surface area contributed by atoms with Crippen LogP contribution in [-0.2, 0) is 0 Å². The van der Waals surface area contributed by atoms with Crippen LogP contribution in [0.25, 0.3) is 0 Å².